The van der Waals surface area contributed by atoms with E-state index in [1.54, 1.807) is 36.4 Å². The lowest BCUT2D eigenvalue weighted by atomic mass is 10.1. The van der Waals surface area contributed by atoms with Crippen LogP contribution in [-0.2, 0) is 9.84 Å². The molecule has 7 heteroatoms. The molecule has 4 aromatic rings. The molecule has 0 unspecified atom stereocenters. The lowest BCUT2D eigenvalue weighted by molar-refractivity contribution is 0.460. The zero-order valence-electron chi connectivity index (χ0n) is 14.5. The van der Waals surface area contributed by atoms with Crippen LogP contribution in [0.2, 0.25) is 0 Å². The van der Waals surface area contributed by atoms with Gasteiger partial charge in [0.05, 0.1) is 15.2 Å². The summed E-state index contributed by atoms with van der Waals surface area (Å²) in [6.07, 6.45) is 3.64. The van der Waals surface area contributed by atoms with E-state index in [2.05, 4.69) is 5.16 Å². The van der Waals surface area contributed by atoms with Crippen molar-refractivity contribution >= 4 is 38.8 Å². The number of nitrogens with two attached hydrogens (primary N) is 1. The van der Waals surface area contributed by atoms with Gasteiger partial charge in [-0.1, -0.05) is 47.6 Å². The average Bonchev–Trinajstić information content (AvgIpc) is 3.09. The van der Waals surface area contributed by atoms with E-state index in [0.29, 0.717) is 5.58 Å². The van der Waals surface area contributed by atoms with Crippen molar-refractivity contribution in [1.29, 1.82) is 0 Å². The van der Waals surface area contributed by atoms with E-state index in [1.165, 1.54) is 30.3 Å². The molecule has 0 aliphatic heterocycles. The van der Waals surface area contributed by atoms with Crippen LogP contribution < -0.4 is 5.73 Å². The Balaban J connectivity index is 1.66. The van der Waals surface area contributed by atoms with Gasteiger partial charge in [0.15, 0.2) is 11.4 Å². The van der Waals surface area contributed by atoms with Gasteiger partial charge in [-0.25, -0.2) is 12.8 Å². The van der Waals surface area contributed by atoms with Gasteiger partial charge in [0, 0.05) is 0 Å². The van der Waals surface area contributed by atoms with Gasteiger partial charge in [-0.3, -0.25) is 0 Å². The molecule has 0 radical (unpaired) electrons. The Hall–Kier alpha value is -3.45. The van der Waals surface area contributed by atoms with Crippen molar-refractivity contribution in [3.63, 3.8) is 0 Å². The molecule has 0 aliphatic rings. The van der Waals surface area contributed by atoms with Crippen LogP contribution >= 0.6 is 0 Å². The maximum Gasteiger partial charge on any atom is 0.207 e. The molecule has 0 amide bonds. The summed E-state index contributed by atoms with van der Waals surface area (Å²) in [5.41, 5.74) is 7.75. The second-order valence-electron chi connectivity index (χ2n) is 6.15. The minimum atomic E-state index is -3.79. The van der Waals surface area contributed by atoms with Crippen molar-refractivity contribution in [2.24, 2.45) is 0 Å². The molecule has 0 saturated carbocycles. The van der Waals surface area contributed by atoms with Crippen molar-refractivity contribution in [3.05, 3.63) is 83.7 Å². The lowest BCUT2D eigenvalue weighted by Gasteiger charge is -2.06. The number of hydrogen-bond acceptors (Lipinski definition) is 5. The number of sulfone groups is 1. The van der Waals surface area contributed by atoms with E-state index >= 15 is 0 Å². The third kappa shape index (κ3) is 3.27. The van der Waals surface area contributed by atoms with Crippen LogP contribution in [0.15, 0.2) is 81.0 Å². The maximum atomic E-state index is 13.0. The predicted octanol–water partition coefficient (Wildman–Crippen LogP) is 4.55. The van der Waals surface area contributed by atoms with E-state index in [4.69, 9.17) is 10.3 Å². The Morgan fingerprint density at radius 2 is 1.50 bits per heavy atom. The van der Waals surface area contributed by atoms with Gasteiger partial charge in [-0.2, -0.15) is 0 Å². The summed E-state index contributed by atoms with van der Waals surface area (Å²) in [7, 11) is -3.79. The van der Waals surface area contributed by atoms with Gasteiger partial charge in [-0.15, -0.1) is 0 Å². The van der Waals surface area contributed by atoms with Gasteiger partial charge in [0.1, 0.15) is 5.82 Å². The molecule has 2 N–H and O–H groups in total. The van der Waals surface area contributed by atoms with Crippen molar-refractivity contribution in [3.8, 4) is 0 Å². The van der Waals surface area contributed by atoms with Crippen molar-refractivity contribution < 1.29 is 17.3 Å². The minimum absolute atomic E-state index is 0.0352. The van der Waals surface area contributed by atoms with Gasteiger partial charge in [-0.05, 0) is 47.5 Å². The molecular formula is C21H15FN2O3S. The first-order valence-corrected chi connectivity index (χ1v) is 9.86. The summed E-state index contributed by atoms with van der Waals surface area (Å²) in [5, 5.41) is 3.92. The normalized spacial score (nSPS) is 12.0. The second-order valence-corrected chi connectivity index (χ2v) is 8.07. The highest BCUT2D eigenvalue weighted by molar-refractivity contribution is 7.91. The smallest absolute Gasteiger partial charge is 0.207 e. The summed E-state index contributed by atoms with van der Waals surface area (Å²) in [6, 6.07) is 17.2. The van der Waals surface area contributed by atoms with E-state index in [0.717, 1.165) is 11.1 Å². The van der Waals surface area contributed by atoms with Crippen LogP contribution in [0, 0.1) is 5.82 Å². The largest absolute Gasteiger partial charge is 0.380 e. The van der Waals surface area contributed by atoms with Gasteiger partial charge in [0.25, 0.3) is 0 Å². The Morgan fingerprint density at radius 1 is 0.893 bits per heavy atom. The van der Waals surface area contributed by atoms with Gasteiger partial charge < -0.3 is 10.3 Å². The molecule has 0 fully saturated rings. The number of aromatic nitrogens is 1. The van der Waals surface area contributed by atoms with Crippen LogP contribution in [-0.4, -0.2) is 13.6 Å². The standard InChI is InChI=1S/C21H15FN2O3S/c22-16-10-6-14(7-11-16)4-5-15-8-12-17(13-9-15)28(25,26)19-3-1-2-18-20(19)21(23)24-27-18/h1-13H,(H2,23,24)/b5-4+. The Morgan fingerprint density at radius 3 is 2.14 bits per heavy atom. The molecule has 0 spiro atoms. The molecule has 140 valence electrons. The number of nitrogens with zero attached hydrogens (tertiary/aromatic N) is 1. The molecule has 4 rings (SSSR count). The van der Waals surface area contributed by atoms with E-state index in [1.807, 2.05) is 12.2 Å². The SMILES string of the molecule is Nc1noc2cccc(S(=O)(=O)c3ccc(/C=C/c4ccc(F)cc4)cc3)c12. The monoisotopic (exact) mass is 394 g/mol. The first-order valence-electron chi connectivity index (χ1n) is 8.38. The van der Waals surface area contributed by atoms with E-state index < -0.39 is 9.84 Å². The Labute approximate surface area is 160 Å². The molecule has 0 atom stereocenters. The highest BCUT2D eigenvalue weighted by atomic mass is 32.2. The van der Waals surface area contributed by atoms with Crippen LogP contribution in [0.1, 0.15) is 11.1 Å². The number of benzene rings is 3. The molecule has 0 aliphatic carbocycles. The quantitative estimate of drug-likeness (QED) is 0.513. The first-order chi connectivity index (χ1) is 13.4. The second kappa shape index (κ2) is 6.94. The number of fused-ring (bicyclic) bond motifs is 1. The number of nitrogen functional groups attached to an aromatic ring is 1. The zero-order chi connectivity index (χ0) is 19.7. The van der Waals surface area contributed by atoms with Crippen molar-refractivity contribution in [2.45, 2.75) is 9.79 Å². The fourth-order valence-electron chi connectivity index (χ4n) is 2.86. The van der Waals surface area contributed by atoms with Crippen molar-refractivity contribution in [1.82, 2.24) is 5.16 Å². The third-order valence-electron chi connectivity index (χ3n) is 4.30. The molecule has 28 heavy (non-hydrogen) atoms. The molecule has 3 aromatic carbocycles. The summed E-state index contributed by atoms with van der Waals surface area (Å²) in [4.78, 5) is 0.192. The molecule has 1 aromatic heterocycles. The molecule has 0 saturated heterocycles. The molecule has 0 bridgehead atoms. The molecule has 5 nitrogen and oxygen atoms in total. The number of hydrogen-bond donors (Lipinski definition) is 1. The van der Waals surface area contributed by atoms with Crippen molar-refractivity contribution in [2.75, 3.05) is 5.73 Å². The fourth-order valence-corrected chi connectivity index (χ4v) is 4.34. The van der Waals surface area contributed by atoms with Crippen LogP contribution in [0.25, 0.3) is 23.1 Å². The van der Waals surface area contributed by atoms with Gasteiger partial charge in [0.2, 0.25) is 9.84 Å². The maximum absolute atomic E-state index is 13.0. The van der Waals surface area contributed by atoms with Crippen LogP contribution in [0.3, 0.4) is 0 Å². The Bertz CT molecular complexity index is 1280. The average molecular weight is 394 g/mol. The summed E-state index contributed by atoms with van der Waals surface area (Å²) in [5.74, 6) is -0.261. The number of anilines is 1. The van der Waals surface area contributed by atoms with E-state index in [9.17, 15) is 12.8 Å². The number of rotatable bonds is 4. The summed E-state index contributed by atoms with van der Waals surface area (Å²) >= 11 is 0. The molecule has 1 heterocycles. The zero-order valence-corrected chi connectivity index (χ0v) is 15.4. The van der Waals surface area contributed by atoms with Crippen LogP contribution in [0.5, 0.6) is 0 Å². The topological polar surface area (TPSA) is 86.2 Å². The first kappa shape index (κ1) is 17.9. The van der Waals surface area contributed by atoms with E-state index in [-0.39, 0.29) is 26.8 Å². The molecular weight excluding hydrogens is 379 g/mol. The lowest BCUT2D eigenvalue weighted by Crippen LogP contribution is -2.03. The summed E-state index contributed by atoms with van der Waals surface area (Å²) in [6.45, 7) is 0. The fraction of sp³-hybridized carbons (Fsp3) is 0. The third-order valence-corrected chi connectivity index (χ3v) is 6.12. The highest BCUT2D eigenvalue weighted by Gasteiger charge is 2.23. The Kier molecular flexibility index (Phi) is 4.44. The minimum Gasteiger partial charge on any atom is -0.380 e. The summed E-state index contributed by atoms with van der Waals surface area (Å²) < 4.78 is 44.1. The number of halogens is 1. The van der Waals surface area contributed by atoms with Gasteiger partial charge >= 0.3 is 0 Å². The predicted molar refractivity (Wildman–Crippen MR) is 106 cm³/mol. The van der Waals surface area contributed by atoms with Crippen LogP contribution in [0.4, 0.5) is 10.2 Å². The highest BCUT2D eigenvalue weighted by Crippen LogP contribution is 2.32.